The van der Waals surface area contributed by atoms with E-state index in [4.69, 9.17) is 14.1 Å². The Morgan fingerprint density at radius 2 is 1.87 bits per heavy atom. The molecule has 0 unspecified atom stereocenters. The monoisotopic (exact) mass is 613 g/mol. The molecule has 38 heavy (non-hydrogen) atoms. The molecular formula is C28H25BrClN3O4S. The van der Waals surface area contributed by atoms with Crippen molar-refractivity contribution in [2.45, 2.75) is 6.42 Å². The first-order chi connectivity index (χ1) is 18.1. The fraction of sp³-hybridized carbons (Fsp3) is 0.250. The van der Waals surface area contributed by atoms with Gasteiger partial charge in [-0.15, -0.1) is 12.4 Å². The Labute approximate surface area is 237 Å². The van der Waals surface area contributed by atoms with Crippen LogP contribution in [0.1, 0.15) is 16.8 Å². The number of hydrogen-bond acceptors (Lipinski definition) is 7. The van der Waals surface area contributed by atoms with Crippen LogP contribution in [0.15, 0.2) is 74.3 Å². The predicted octanol–water partition coefficient (Wildman–Crippen LogP) is 6.11. The highest BCUT2D eigenvalue weighted by atomic mass is 79.9. The van der Waals surface area contributed by atoms with Crippen LogP contribution in [0.5, 0.6) is 0 Å². The molecule has 1 amide bonds. The molecule has 2 aromatic heterocycles. The van der Waals surface area contributed by atoms with Crippen molar-refractivity contribution in [3.8, 4) is 0 Å². The Hall–Kier alpha value is -2.82. The second-order valence-electron chi connectivity index (χ2n) is 9.02. The number of halogens is 2. The lowest BCUT2D eigenvalue weighted by atomic mass is 10.0. The molecule has 1 aliphatic rings. The lowest BCUT2D eigenvalue weighted by molar-refractivity contribution is 0.0376. The maximum atomic E-state index is 14.0. The average molecular weight is 615 g/mol. The summed E-state index contributed by atoms with van der Waals surface area (Å²) in [7, 11) is 0. The maximum Gasteiger partial charge on any atom is 0.349 e. The van der Waals surface area contributed by atoms with E-state index in [2.05, 4.69) is 20.8 Å². The van der Waals surface area contributed by atoms with Crippen molar-refractivity contribution in [2.75, 3.05) is 44.3 Å². The Bertz CT molecular complexity index is 1680. The van der Waals surface area contributed by atoms with E-state index < -0.39 is 11.5 Å². The molecule has 3 aromatic carbocycles. The number of fused-ring (bicyclic) bond motifs is 4. The predicted molar refractivity (Wildman–Crippen MR) is 158 cm³/mol. The molecule has 6 rings (SSSR count). The number of carbonyl (C=O) groups is 1. The van der Waals surface area contributed by atoms with Crippen molar-refractivity contribution in [3.05, 3.63) is 81.1 Å². The van der Waals surface area contributed by atoms with E-state index in [-0.39, 0.29) is 18.0 Å². The molecule has 0 radical (unpaired) electrons. The minimum absolute atomic E-state index is 0. The van der Waals surface area contributed by atoms with Gasteiger partial charge in [-0.2, -0.15) is 0 Å². The molecule has 3 heterocycles. The molecule has 0 spiro atoms. The summed E-state index contributed by atoms with van der Waals surface area (Å²) in [5.41, 5.74) is 0.639. The number of anilines is 1. The van der Waals surface area contributed by atoms with Crippen LogP contribution < -0.4 is 10.5 Å². The summed E-state index contributed by atoms with van der Waals surface area (Å²) < 4.78 is 13.0. The zero-order valence-corrected chi connectivity index (χ0v) is 23.6. The summed E-state index contributed by atoms with van der Waals surface area (Å²) in [6.07, 6.45) is 0.743. The van der Waals surface area contributed by atoms with E-state index in [0.29, 0.717) is 17.3 Å². The fourth-order valence-electron chi connectivity index (χ4n) is 4.73. The summed E-state index contributed by atoms with van der Waals surface area (Å²) in [6.45, 7) is 4.47. The molecule has 0 saturated carbocycles. The average Bonchev–Trinajstić information content (AvgIpc) is 3.33. The highest BCUT2D eigenvalue weighted by Gasteiger charge is 2.25. The normalized spacial score (nSPS) is 14.1. The van der Waals surface area contributed by atoms with Crippen molar-refractivity contribution >= 4 is 82.7 Å². The Kier molecular flexibility index (Phi) is 8.11. The van der Waals surface area contributed by atoms with E-state index >= 15 is 0 Å². The van der Waals surface area contributed by atoms with Gasteiger partial charge in [0, 0.05) is 36.0 Å². The van der Waals surface area contributed by atoms with Crippen LogP contribution in [0.3, 0.4) is 0 Å². The van der Waals surface area contributed by atoms with Gasteiger partial charge in [0.15, 0.2) is 5.13 Å². The van der Waals surface area contributed by atoms with E-state index in [1.807, 2.05) is 48.5 Å². The highest BCUT2D eigenvalue weighted by molar-refractivity contribution is 9.10. The van der Waals surface area contributed by atoms with Gasteiger partial charge in [-0.3, -0.25) is 14.6 Å². The van der Waals surface area contributed by atoms with Crippen molar-refractivity contribution in [3.63, 3.8) is 0 Å². The molecule has 1 aliphatic heterocycles. The van der Waals surface area contributed by atoms with Gasteiger partial charge in [-0.05, 0) is 47.5 Å². The highest BCUT2D eigenvalue weighted by Crippen LogP contribution is 2.32. The van der Waals surface area contributed by atoms with Crippen LogP contribution in [0.4, 0.5) is 5.13 Å². The van der Waals surface area contributed by atoms with Crippen LogP contribution in [-0.4, -0.2) is 55.2 Å². The fourth-order valence-corrected chi connectivity index (χ4v) is 6.27. The van der Waals surface area contributed by atoms with Crippen LogP contribution in [0.2, 0.25) is 0 Å². The van der Waals surface area contributed by atoms with Crippen molar-refractivity contribution < 1.29 is 13.9 Å². The van der Waals surface area contributed by atoms with Crippen molar-refractivity contribution in [1.82, 2.24) is 9.88 Å². The molecular weight excluding hydrogens is 590 g/mol. The second kappa shape index (κ2) is 11.5. The molecule has 10 heteroatoms. The Morgan fingerprint density at radius 3 is 2.71 bits per heavy atom. The van der Waals surface area contributed by atoms with Crippen molar-refractivity contribution in [1.29, 1.82) is 0 Å². The molecule has 0 aliphatic carbocycles. The number of amides is 1. The number of ether oxygens (including phenoxy) is 1. The minimum atomic E-state index is -0.644. The summed E-state index contributed by atoms with van der Waals surface area (Å²) in [5, 5.41) is 3.25. The van der Waals surface area contributed by atoms with Gasteiger partial charge < -0.3 is 9.15 Å². The van der Waals surface area contributed by atoms with E-state index in [9.17, 15) is 9.59 Å². The van der Waals surface area contributed by atoms with Crippen molar-refractivity contribution in [2.24, 2.45) is 0 Å². The molecule has 5 aromatic rings. The third kappa shape index (κ3) is 5.34. The van der Waals surface area contributed by atoms with E-state index in [0.717, 1.165) is 70.1 Å². The first-order valence-corrected chi connectivity index (χ1v) is 13.8. The minimum Gasteiger partial charge on any atom is -0.422 e. The summed E-state index contributed by atoms with van der Waals surface area (Å²) in [4.78, 5) is 35.7. The van der Waals surface area contributed by atoms with Gasteiger partial charge in [0.25, 0.3) is 5.91 Å². The first kappa shape index (κ1) is 26.8. The number of nitrogens with zero attached hydrogens (tertiary/aromatic N) is 3. The van der Waals surface area contributed by atoms with Gasteiger partial charge in [0.1, 0.15) is 11.1 Å². The van der Waals surface area contributed by atoms with Crippen LogP contribution in [-0.2, 0) is 4.74 Å². The van der Waals surface area contributed by atoms with Gasteiger partial charge >= 0.3 is 5.63 Å². The third-order valence-electron chi connectivity index (χ3n) is 6.65. The number of morpholine rings is 1. The SMILES string of the molecule is Cl.O=C(c1cc2c(ccc3ccccc32)oc1=O)N(CCCN1CCOCC1)c1nc2ccc(Br)cc2s1. The molecule has 0 atom stereocenters. The van der Waals surface area contributed by atoms with E-state index in [1.54, 1.807) is 17.0 Å². The number of carbonyl (C=O) groups excluding carboxylic acids is 1. The summed E-state index contributed by atoms with van der Waals surface area (Å²) >= 11 is 4.95. The van der Waals surface area contributed by atoms with Gasteiger partial charge in [-0.1, -0.05) is 57.6 Å². The first-order valence-electron chi connectivity index (χ1n) is 12.2. The number of aromatic nitrogens is 1. The number of hydrogen-bond donors (Lipinski definition) is 0. The van der Waals surface area contributed by atoms with Crippen LogP contribution >= 0.6 is 39.7 Å². The van der Waals surface area contributed by atoms with Crippen LogP contribution in [0, 0.1) is 0 Å². The van der Waals surface area contributed by atoms with Crippen LogP contribution in [0.25, 0.3) is 32.0 Å². The molecule has 1 saturated heterocycles. The Balaban J connectivity index is 0.00000294. The third-order valence-corrected chi connectivity index (χ3v) is 8.18. The summed E-state index contributed by atoms with van der Waals surface area (Å²) in [5.74, 6) is -0.399. The Morgan fingerprint density at radius 1 is 1.05 bits per heavy atom. The zero-order chi connectivity index (χ0) is 25.4. The molecule has 0 bridgehead atoms. The lowest BCUT2D eigenvalue weighted by Crippen LogP contribution is -2.40. The quantitative estimate of drug-likeness (QED) is 0.170. The smallest absolute Gasteiger partial charge is 0.349 e. The number of benzene rings is 3. The number of thiazole rings is 1. The van der Waals surface area contributed by atoms with Gasteiger partial charge in [0.05, 0.1) is 23.4 Å². The maximum absolute atomic E-state index is 14.0. The molecule has 1 fully saturated rings. The summed E-state index contributed by atoms with van der Waals surface area (Å²) in [6, 6.07) is 19.1. The molecule has 7 nitrogen and oxygen atoms in total. The standard InChI is InChI=1S/C28H24BrN3O4S.ClH/c29-19-7-8-23-25(16-19)37-28(30-23)32(11-3-10-31-12-14-35-15-13-31)26(33)22-17-21-20-5-2-1-4-18(20)6-9-24(21)36-27(22)34;/h1-2,4-9,16-17H,3,10-15H2;1H. The second-order valence-corrected chi connectivity index (χ2v) is 10.9. The van der Waals surface area contributed by atoms with E-state index in [1.165, 1.54) is 11.3 Å². The van der Waals surface area contributed by atoms with Gasteiger partial charge in [0.2, 0.25) is 0 Å². The topological polar surface area (TPSA) is 75.9 Å². The molecule has 196 valence electrons. The molecule has 0 N–H and O–H groups in total. The zero-order valence-electron chi connectivity index (χ0n) is 20.4. The number of rotatable bonds is 6. The lowest BCUT2D eigenvalue weighted by Gasteiger charge is -2.27. The largest absolute Gasteiger partial charge is 0.422 e. The van der Waals surface area contributed by atoms with Gasteiger partial charge in [-0.25, -0.2) is 9.78 Å².